The molecule has 0 saturated heterocycles. The molecule has 9 heteroatoms. The number of hydrogen-bond acceptors (Lipinski definition) is 5. The van der Waals surface area contributed by atoms with Crippen molar-refractivity contribution in [2.75, 3.05) is 6.54 Å². The molecule has 0 spiro atoms. The molecular weight excluding hydrogens is 324 g/mol. The van der Waals surface area contributed by atoms with Crippen LogP contribution in [0.15, 0.2) is 44.1 Å². The molecule has 0 atom stereocenters. The van der Waals surface area contributed by atoms with Gasteiger partial charge in [-0.1, -0.05) is 0 Å². The summed E-state index contributed by atoms with van der Waals surface area (Å²) in [7, 11) is 0. The number of H-pyrrole nitrogens is 2. The van der Waals surface area contributed by atoms with Crippen LogP contribution in [0.1, 0.15) is 29.6 Å². The number of benzene rings is 1. The molecule has 1 aromatic heterocycles. The zero-order valence-electron chi connectivity index (χ0n) is 13.3. The number of carbonyl (C=O) groups is 1. The fourth-order valence-electron chi connectivity index (χ4n) is 2.42. The summed E-state index contributed by atoms with van der Waals surface area (Å²) < 4.78 is 1.06. The molecule has 0 aliphatic carbocycles. The predicted octanol–water partition coefficient (Wildman–Crippen LogP) is 0.549. The molecule has 9 nitrogen and oxygen atoms in total. The molecule has 1 aliphatic rings. The van der Waals surface area contributed by atoms with E-state index in [1.54, 1.807) is 24.3 Å². The zero-order valence-corrected chi connectivity index (χ0v) is 13.3. The fourth-order valence-corrected chi connectivity index (χ4v) is 2.42. The summed E-state index contributed by atoms with van der Waals surface area (Å²) in [6.07, 6.45) is 7.14. The largest absolute Gasteiger partial charge is 0.352 e. The van der Waals surface area contributed by atoms with Gasteiger partial charge in [0.25, 0.3) is 5.91 Å². The Labute approximate surface area is 142 Å². The average molecular weight is 340 g/mol. The third-order valence-corrected chi connectivity index (χ3v) is 3.89. The number of rotatable bonds is 7. The van der Waals surface area contributed by atoms with Crippen LogP contribution >= 0.6 is 0 Å². The van der Waals surface area contributed by atoms with Crippen LogP contribution in [0.3, 0.4) is 0 Å². The smallest absolute Gasteiger partial charge is 0.349 e. The second kappa shape index (κ2) is 6.60. The molecule has 25 heavy (non-hydrogen) atoms. The SMILES string of the molecule is C#CCCC1(CCNC(=O)c2ccc(-n3[nH]c(=O)[nH]c3=O)cc2)N=N1. The van der Waals surface area contributed by atoms with Crippen molar-refractivity contribution in [2.45, 2.75) is 24.9 Å². The summed E-state index contributed by atoms with van der Waals surface area (Å²) in [5.74, 6) is 2.32. The van der Waals surface area contributed by atoms with Crippen LogP contribution in [0.25, 0.3) is 5.69 Å². The van der Waals surface area contributed by atoms with Gasteiger partial charge in [0.2, 0.25) is 0 Å². The van der Waals surface area contributed by atoms with Crippen LogP contribution < -0.4 is 16.7 Å². The van der Waals surface area contributed by atoms with Crippen molar-refractivity contribution in [3.05, 3.63) is 50.8 Å². The molecule has 0 fully saturated rings. The van der Waals surface area contributed by atoms with Crippen molar-refractivity contribution >= 4 is 5.91 Å². The van der Waals surface area contributed by atoms with E-state index in [4.69, 9.17) is 6.42 Å². The molecule has 0 unspecified atom stereocenters. The first-order valence-electron chi connectivity index (χ1n) is 7.70. The van der Waals surface area contributed by atoms with Crippen molar-refractivity contribution in [3.63, 3.8) is 0 Å². The van der Waals surface area contributed by atoms with E-state index in [9.17, 15) is 14.4 Å². The van der Waals surface area contributed by atoms with Crippen LogP contribution in [0, 0.1) is 12.3 Å². The molecule has 3 rings (SSSR count). The van der Waals surface area contributed by atoms with Gasteiger partial charge in [0.15, 0.2) is 5.66 Å². The van der Waals surface area contributed by atoms with Crippen molar-refractivity contribution in [1.29, 1.82) is 0 Å². The summed E-state index contributed by atoms with van der Waals surface area (Å²) in [6, 6.07) is 6.28. The quantitative estimate of drug-likeness (QED) is 0.637. The maximum absolute atomic E-state index is 12.1. The van der Waals surface area contributed by atoms with E-state index < -0.39 is 17.0 Å². The molecule has 1 amide bonds. The Balaban J connectivity index is 1.56. The molecule has 0 saturated carbocycles. The Morgan fingerprint density at radius 3 is 2.52 bits per heavy atom. The first-order valence-corrected chi connectivity index (χ1v) is 7.70. The molecule has 0 radical (unpaired) electrons. The van der Waals surface area contributed by atoms with Gasteiger partial charge in [-0.2, -0.15) is 10.2 Å². The third kappa shape index (κ3) is 3.74. The lowest BCUT2D eigenvalue weighted by atomic mass is 10.0. The molecule has 1 aromatic carbocycles. The van der Waals surface area contributed by atoms with E-state index in [0.717, 1.165) is 4.68 Å². The molecule has 1 aliphatic heterocycles. The van der Waals surface area contributed by atoms with Crippen molar-refractivity contribution in [2.24, 2.45) is 10.2 Å². The summed E-state index contributed by atoms with van der Waals surface area (Å²) in [6.45, 7) is 0.433. The lowest BCUT2D eigenvalue weighted by Gasteiger charge is -2.10. The van der Waals surface area contributed by atoms with Crippen LogP contribution in [-0.4, -0.2) is 32.9 Å². The minimum Gasteiger partial charge on any atom is -0.352 e. The highest BCUT2D eigenvalue weighted by molar-refractivity contribution is 5.94. The number of aromatic amines is 2. The van der Waals surface area contributed by atoms with Gasteiger partial charge in [-0.05, 0) is 24.3 Å². The first kappa shape index (κ1) is 16.4. The number of terminal acetylenes is 1. The fraction of sp³-hybridized carbons (Fsp3) is 0.312. The van der Waals surface area contributed by atoms with Crippen molar-refractivity contribution < 1.29 is 4.79 Å². The second-order valence-corrected chi connectivity index (χ2v) is 5.65. The van der Waals surface area contributed by atoms with E-state index in [0.29, 0.717) is 37.1 Å². The van der Waals surface area contributed by atoms with E-state index in [2.05, 4.69) is 31.5 Å². The maximum Gasteiger partial charge on any atom is 0.349 e. The Kier molecular flexibility index (Phi) is 4.35. The lowest BCUT2D eigenvalue weighted by molar-refractivity contribution is 0.0952. The lowest BCUT2D eigenvalue weighted by Crippen LogP contribution is -2.28. The predicted molar refractivity (Wildman–Crippen MR) is 89.6 cm³/mol. The van der Waals surface area contributed by atoms with Gasteiger partial charge in [0.1, 0.15) is 0 Å². The molecule has 0 bridgehead atoms. The summed E-state index contributed by atoms with van der Waals surface area (Å²) >= 11 is 0. The maximum atomic E-state index is 12.1. The Hall–Kier alpha value is -3.41. The normalized spacial score (nSPS) is 14.0. The number of carbonyl (C=O) groups excluding carboxylic acids is 1. The molecule has 3 N–H and O–H groups in total. The molecule has 2 aromatic rings. The first-order chi connectivity index (χ1) is 12.0. The zero-order chi connectivity index (χ0) is 17.9. The van der Waals surface area contributed by atoms with Crippen LogP contribution in [0.4, 0.5) is 0 Å². The number of aromatic nitrogens is 3. The van der Waals surface area contributed by atoms with Crippen LogP contribution in [-0.2, 0) is 0 Å². The monoisotopic (exact) mass is 340 g/mol. The van der Waals surface area contributed by atoms with Gasteiger partial charge in [-0.15, -0.1) is 12.3 Å². The number of amides is 1. The van der Waals surface area contributed by atoms with E-state index in [-0.39, 0.29) is 5.91 Å². The Morgan fingerprint density at radius 2 is 1.96 bits per heavy atom. The minimum atomic E-state index is -0.596. The summed E-state index contributed by atoms with van der Waals surface area (Å²) in [5.41, 5.74) is -0.705. The highest BCUT2D eigenvalue weighted by atomic mass is 16.2. The van der Waals surface area contributed by atoms with Crippen molar-refractivity contribution in [1.82, 2.24) is 20.1 Å². The van der Waals surface area contributed by atoms with E-state index in [1.807, 2.05) is 0 Å². The topological polar surface area (TPSA) is 124 Å². The standard InChI is InChI=1S/C16H16N6O3/c1-2-3-8-16(20-21-16)9-10-17-13(23)11-4-6-12(7-5-11)22-15(25)18-14(24)19-22/h1,4-7H,3,8-10H2,(H,17,23)(H2,18,19,24,25). The van der Waals surface area contributed by atoms with Crippen molar-refractivity contribution in [3.8, 4) is 18.0 Å². The molecule has 2 heterocycles. The van der Waals surface area contributed by atoms with Gasteiger partial charge in [0.05, 0.1) is 5.69 Å². The summed E-state index contributed by atoms with van der Waals surface area (Å²) in [4.78, 5) is 36.9. The minimum absolute atomic E-state index is 0.241. The highest BCUT2D eigenvalue weighted by Crippen LogP contribution is 2.36. The highest BCUT2D eigenvalue weighted by Gasteiger charge is 2.38. The van der Waals surface area contributed by atoms with E-state index >= 15 is 0 Å². The van der Waals surface area contributed by atoms with Crippen LogP contribution in [0.2, 0.25) is 0 Å². The molecule has 128 valence electrons. The number of hydrogen-bond donors (Lipinski definition) is 3. The summed E-state index contributed by atoms with van der Waals surface area (Å²) in [5, 5.41) is 13.2. The Morgan fingerprint density at radius 1 is 1.24 bits per heavy atom. The Bertz CT molecular complexity index is 951. The van der Waals surface area contributed by atoms with Gasteiger partial charge in [-0.25, -0.2) is 19.4 Å². The number of nitrogens with one attached hydrogen (secondary N) is 3. The third-order valence-electron chi connectivity index (χ3n) is 3.89. The van der Waals surface area contributed by atoms with E-state index in [1.165, 1.54) is 0 Å². The second-order valence-electron chi connectivity index (χ2n) is 5.65. The number of nitrogens with zero attached hydrogens (tertiary/aromatic N) is 3. The van der Waals surface area contributed by atoms with Gasteiger partial charge in [0, 0.05) is 31.4 Å². The van der Waals surface area contributed by atoms with Gasteiger partial charge in [-0.3, -0.25) is 9.78 Å². The molecular formula is C16H16N6O3. The average Bonchev–Trinajstić information content (AvgIpc) is 3.29. The van der Waals surface area contributed by atoms with Gasteiger partial charge >= 0.3 is 11.4 Å². The van der Waals surface area contributed by atoms with Crippen LogP contribution in [0.5, 0.6) is 0 Å². The van der Waals surface area contributed by atoms with Gasteiger partial charge < -0.3 is 5.32 Å².